The number of nitrogens with one attached hydrogen (secondary N) is 2. The highest BCUT2D eigenvalue weighted by atomic mass is 127. The Hall–Kier alpha value is -0.0800. The molecule has 3 N–H and O–H groups in total. The van der Waals surface area contributed by atoms with Crippen LogP contribution in [0.3, 0.4) is 0 Å². The fraction of sp³-hybridized carbons (Fsp3) is 0.917. The second-order valence-corrected chi connectivity index (χ2v) is 4.05. The highest BCUT2D eigenvalue weighted by Gasteiger charge is 2.21. The Morgan fingerprint density at radius 1 is 1.22 bits per heavy atom. The van der Waals surface area contributed by atoms with Crippen molar-refractivity contribution in [2.45, 2.75) is 39.2 Å². The van der Waals surface area contributed by atoms with Gasteiger partial charge in [-0.3, -0.25) is 4.99 Å². The molecular formula is C12H28IN3O2. The number of guanidine groups is 1. The zero-order valence-electron chi connectivity index (χ0n) is 12.0. The lowest BCUT2D eigenvalue weighted by Gasteiger charge is -2.23. The molecule has 0 heterocycles. The van der Waals surface area contributed by atoms with E-state index in [0.717, 1.165) is 12.5 Å². The summed E-state index contributed by atoms with van der Waals surface area (Å²) in [6.45, 7) is 8.53. The molecule has 18 heavy (non-hydrogen) atoms. The first-order valence-electron chi connectivity index (χ1n) is 6.35. The second kappa shape index (κ2) is 12.0. The maximum atomic E-state index is 10.1. The summed E-state index contributed by atoms with van der Waals surface area (Å²) in [6.07, 6.45) is 1.43. The summed E-state index contributed by atoms with van der Waals surface area (Å²) in [5.41, 5.74) is -0.691. The van der Waals surface area contributed by atoms with Crippen LogP contribution in [0, 0.1) is 0 Å². The first-order valence-corrected chi connectivity index (χ1v) is 6.35. The molecular weight excluding hydrogens is 345 g/mol. The number of aliphatic hydroxyl groups is 1. The average molecular weight is 373 g/mol. The van der Waals surface area contributed by atoms with Crippen LogP contribution in [-0.2, 0) is 4.74 Å². The molecule has 0 atom stereocenters. The number of aliphatic imine (C=N–C) groups is 1. The van der Waals surface area contributed by atoms with Crippen molar-refractivity contribution in [1.29, 1.82) is 0 Å². The van der Waals surface area contributed by atoms with Crippen LogP contribution in [0.25, 0.3) is 0 Å². The molecule has 0 aliphatic carbocycles. The molecule has 0 rings (SSSR count). The van der Waals surface area contributed by atoms with Crippen molar-refractivity contribution in [2.75, 3.05) is 33.4 Å². The molecule has 110 valence electrons. The summed E-state index contributed by atoms with van der Waals surface area (Å²) in [6, 6.07) is 0. The van der Waals surface area contributed by atoms with Gasteiger partial charge in [0.25, 0.3) is 0 Å². The first-order chi connectivity index (χ1) is 8.11. The smallest absolute Gasteiger partial charge is 0.191 e. The van der Waals surface area contributed by atoms with Crippen LogP contribution in [-0.4, -0.2) is 50.0 Å². The van der Waals surface area contributed by atoms with E-state index in [-0.39, 0.29) is 24.0 Å². The molecule has 0 aliphatic heterocycles. The number of hydrogen-bond donors (Lipinski definition) is 3. The molecule has 5 nitrogen and oxygen atoms in total. The third kappa shape index (κ3) is 8.93. The van der Waals surface area contributed by atoms with Crippen molar-refractivity contribution in [3.63, 3.8) is 0 Å². The van der Waals surface area contributed by atoms with E-state index in [1.807, 2.05) is 20.8 Å². The highest BCUT2D eigenvalue weighted by molar-refractivity contribution is 14.0. The molecule has 0 aliphatic rings. The van der Waals surface area contributed by atoms with E-state index in [1.165, 1.54) is 0 Å². The average Bonchev–Trinajstić information content (AvgIpc) is 2.36. The SMILES string of the molecule is CCNC(=NCC(O)(CC)CC)NCCOC.I. The lowest BCUT2D eigenvalue weighted by atomic mass is 9.98. The van der Waals surface area contributed by atoms with E-state index in [9.17, 15) is 5.11 Å². The van der Waals surface area contributed by atoms with Gasteiger partial charge in [0.15, 0.2) is 5.96 Å². The van der Waals surface area contributed by atoms with Crippen molar-refractivity contribution in [1.82, 2.24) is 10.6 Å². The maximum absolute atomic E-state index is 10.1. The molecule has 0 amide bonds. The zero-order valence-corrected chi connectivity index (χ0v) is 14.3. The molecule has 6 heteroatoms. The van der Waals surface area contributed by atoms with Gasteiger partial charge in [0.1, 0.15) is 0 Å². The summed E-state index contributed by atoms with van der Waals surface area (Å²) in [5.74, 6) is 0.727. The van der Waals surface area contributed by atoms with Gasteiger partial charge in [-0.15, -0.1) is 24.0 Å². The molecule has 0 saturated heterocycles. The quantitative estimate of drug-likeness (QED) is 0.260. The van der Waals surface area contributed by atoms with Gasteiger partial charge in [0, 0.05) is 20.2 Å². The largest absolute Gasteiger partial charge is 0.388 e. The van der Waals surface area contributed by atoms with Gasteiger partial charge < -0.3 is 20.5 Å². The van der Waals surface area contributed by atoms with Crippen LogP contribution >= 0.6 is 24.0 Å². The van der Waals surface area contributed by atoms with E-state index in [4.69, 9.17) is 4.74 Å². The van der Waals surface area contributed by atoms with E-state index in [0.29, 0.717) is 32.5 Å². The summed E-state index contributed by atoms with van der Waals surface area (Å²) >= 11 is 0. The van der Waals surface area contributed by atoms with Crippen LogP contribution in [0.1, 0.15) is 33.6 Å². The summed E-state index contributed by atoms with van der Waals surface area (Å²) in [7, 11) is 1.67. The maximum Gasteiger partial charge on any atom is 0.191 e. The van der Waals surface area contributed by atoms with E-state index in [2.05, 4.69) is 15.6 Å². The van der Waals surface area contributed by atoms with Crippen LogP contribution in [0.5, 0.6) is 0 Å². The molecule has 0 fully saturated rings. The number of rotatable bonds is 8. The van der Waals surface area contributed by atoms with Gasteiger partial charge in [0.2, 0.25) is 0 Å². The standard InChI is InChI=1S/C12H27N3O2.HI/c1-5-12(16,6-2)10-15-11(13-7-3)14-8-9-17-4;/h16H,5-10H2,1-4H3,(H2,13,14,15);1H. The van der Waals surface area contributed by atoms with Crippen molar-refractivity contribution in [3.8, 4) is 0 Å². The van der Waals surface area contributed by atoms with Crippen LogP contribution in [0.4, 0.5) is 0 Å². The van der Waals surface area contributed by atoms with Crippen molar-refractivity contribution < 1.29 is 9.84 Å². The first kappa shape index (κ1) is 20.2. The summed E-state index contributed by atoms with van der Waals surface area (Å²) < 4.78 is 4.96. The highest BCUT2D eigenvalue weighted by Crippen LogP contribution is 2.14. The molecule has 0 radical (unpaired) electrons. The Morgan fingerprint density at radius 3 is 2.28 bits per heavy atom. The Balaban J connectivity index is 0. The molecule has 0 spiro atoms. The van der Waals surface area contributed by atoms with Gasteiger partial charge in [-0.25, -0.2) is 0 Å². The Morgan fingerprint density at radius 2 is 1.83 bits per heavy atom. The topological polar surface area (TPSA) is 65.9 Å². The Bertz CT molecular complexity index is 221. The van der Waals surface area contributed by atoms with E-state index < -0.39 is 5.60 Å². The Labute approximate surface area is 128 Å². The third-order valence-electron chi connectivity index (χ3n) is 2.79. The zero-order chi connectivity index (χ0) is 13.1. The Kier molecular flexibility index (Phi) is 13.5. The molecule has 0 bridgehead atoms. The molecule has 0 aromatic heterocycles. The van der Waals surface area contributed by atoms with Gasteiger partial charge in [-0.2, -0.15) is 0 Å². The minimum absolute atomic E-state index is 0. The molecule has 0 aromatic rings. The third-order valence-corrected chi connectivity index (χ3v) is 2.79. The number of hydrogen-bond acceptors (Lipinski definition) is 3. The summed E-state index contributed by atoms with van der Waals surface area (Å²) in [5, 5.41) is 16.4. The minimum atomic E-state index is -0.691. The van der Waals surface area contributed by atoms with Crippen molar-refractivity contribution in [3.05, 3.63) is 0 Å². The molecule has 0 saturated carbocycles. The predicted molar refractivity (Wildman–Crippen MR) is 86.8 cm³/mol. The van der Waals surface area contributed by atoms with Gasteiger partial charge in [-0.1, -0.05) is 13.8 Å². The number of ether oxygens (including phenoxy) is 1. The minimum Gasteiger partial charge on any atom is -0.388 e. The lowest BCUT2D eigenvalue weighted by molar-refractivity contribution is 0.0418. The van der Waals surface area contributed by atoms with Crippen LogP contribution in [0.2, 0.25) is 0 Å². The van der Waals surface area contributed by atoms with E-state index >= 15 is 0 Å². The second-order valence-electron chi connectivity index (χ2n) is 4.05. The van der Waals surface area contributed by atoms with Crippen LogP contribution < -0.4 is 10.6 Å². The van der Waals surface area contributed by atoms with Gasteiger partial charge in [-0.05, 0) is 19.8 Å². The lowest BCUT2D eigenvalue weighted by Crippen LogP contribution is -2.41. The number of methoxy groups -OCH3 is 1. The van der Waals surface area contributed by atoms with E-state index in [1.54, 1.807) is 7.11 Å². The number of halogens is 1. The predicted octanol–water partition coefficient (Wildman–Crippen LogP) is 1.36. The normalized spacial score (nSPS) is 11.9. The van der Waals surface area contributed by atoms with Gasteiger partial charge in [0.05, 0.1) is 18.8 Å². The molecule has 0 unspecified atom stereocenters. The monoisotopic (exact) mass is 373 g/mol. The fourth-order valence-electron chi connectivity index (χ4n) is 1.31. The van der Waals surface area contributed by atoms with Gasteiger partial charge >= 0.3 is 0 Å². The number of nitrogens with zero attached hydrogens (tertiary/aromatic N) is 1. The molecule has 0 aromatic carbocycles. The van der Waals surface area contributed by atoms with Crippen molar-refractivity contribution in [2.24, 2.45) is 4.99 Å². The van der Waals surface area contributed by atoms with Crippen molar-refractivity contribution >= 4 is 29.9 Å². The van der Waals surface area contributed by atoms with Crippen LogP contribution in [0.15, 0.2) is 4.99 Å². The fourth-order valence-corrected chi connectivity index (χ4v) is 1.31. The summed E-state index contributed by atoms with van der Waals surface area (Å²) in [4.78, 5) is 4.39.